The zero-order valence-electron chi connectivity index (χ0n) is 15.7. The standard InChI is InChI=1S/C20H30N2.C2H4/c1-20(2)14-9-4-5-10-16-22(17-20)19(13-15-21-3)18-11-7-6-8-12-18;1-2/h4-12,19,21H,13-17H2,1-3H3;1-2H2/b9-4-,10-5-;. The number of nitrogens with zero attached hydrogens (tertiary/aromatic N) is 1. The predicted molar refractivity (Wildman–Crippen MR) is 107 cm³/mol. The summed E-state index contributed by atoms with van der Waals surface area (Å²) in [6.45, 7) is 13.9. The van der Waals surface area contributed by atoms with Crippen LogP contribution in [0.5, 0.6) is 0 Å². The van der Waals surface area contributed by atoms with E-state index >= 15 is 0 Å². The summed E-state index contributed by atoms with van der Waals surface area (Å²) in [4.78, 5) is 2.64. The molecule has 2 rings (SSSR count). The van der Waals surface area contributed by atoms with Gasteiger partial charge in [-0.15, -0.1) is 13.2 Å². The number of rotatable bonds is 5. The van der Waals surface area contributed by atoms with Gasteiger partial charge in [0.1, 0.15) is 0 Å². The van der Waals surface area contributed by atoms with Crippen molar-refractivity contribution in [2.45, 2.75) is 32.7 Å². The molecule has 0 amide bonds. The van der Waals surface area contributed by atoms with Gasteiger partial charge in [-0.05, 0) is 37.4 Å². The molecule has 1 unspecified atom stereocenters. The van der Waals surface area contributed by atoms with Crippen molar-refractivity contribution in [2.75, 3.05) is 26.7 Å². The highest BCUT2D eigenvalue weighted by molar-refractivity contribution is 5.20. The molecule has 0 fully saturated rings. The molecule has 0 aliphatic carbocycles. The van der Waals surface area contributed by atoms with Gasteiger partial charge in [0.15, 0.2) is 0 Å². The van der Waals surface area contributed by atoms with E-state index in [9.17, 15) is 0 Å². The van der Waals surface area contributed by atoms with E-state index in [-0.39, 0.29) is 0 Å². The molecule has 0 spiro atoms. The summed E-state index contributed by atoms with van der Waals surface area (Å²) in [7, 11) is 2.04. The van der Waals surface area contributed by atoms with Gasteiger partial charge in [-0.25, -0.2) is 0 Å². The average Bonchev–Trinajstić information content (AvgIpc) is 2.68. The fourth-order valence-electron chi connectivity index (χ4n) is 3.17. The lowest BCUT2D eigenvalue weighted by atomic mass is 9.87. The molecule has 0 saturated heterocycles. The van der Waals surface area contributed by atoms with Crippen LogP contribution in [0, 0.1) is 5.41 Å². The van der Waals surface area contributed by atoms with Crippen LogP contribution in [0.15, 0.2) is 67.8 Å². The zero-order valence-corrected chi connectivity index (χ0v) is 15.7. The largest absolute Gasteiger partial charge is 0.320 e. The van der Waals surface area contributed by atoms with E-state index in [0.717, 1.165) is 32.5 Å². The van der Waals surface area contributed by atoms with Crippen molar-refractivity contribution in [1.29, 1.82) is 0 Å². The normalized spacial score (nSPS) is 21.3. The summed E-state index contributed by atoms with van der Waals surface area (Å²) in [6.07, 6.45) is 11.2. The number of allylic oxidation sites excluding steroid dienone is 3. The molecule has 0 saturated carbocycles. The van der Waals surface area contributed by atoms with Gasteiger partial charge in [0.2, 0.25) is 0 Å². The summed E-state index contributed by atoms with van der Waals surface area (Å²) >= 11 is 0. The third-order valence-corrected chi connectivity index (χ3v) is 4.32. The van der Waals surface area contributed by atoms with Crippen molar-refractivity contribution >= 4 is 0 Å². The number of hydrogen-bond donors (Lipinski definition) is 1. The molecule has 1 aromatic carbocycles. The quantitative estimate of drug-likeness (QED) is 0.767. The van der Waals surface area contributed by atoms with Crippen LogP contribution >= 0.6 is 0 Å². The highest BCUT2D eigenvalue weighted by Crippen LogP contribution is 2.30. The van der Waals surface area contributed by atoms with Gasteiger partial charge in [-0.2, -0.15) is 0 Å². The van der Waals surface area contributed by atoms with E-state index in [1.165, 1.54) is 5.56 Å². The Bertz CT molecular complexity index is 502. The maximum absolute atomic E-state index is 3.31. The SMILES string of the molecule is C=C.CNCCC(c1ccccc1)N1C/C=C\C=C/CC(C)(C)C1. The van der Waals surface area contributed by atoms with Gasteiger partial charge in [-0.3, -0.25) is 4.90 Å². The number of nitrogens with one attached hydrogen (secondary N) is 1. The Labute approximate surface area is 149 Å². The number of hydrogen-bond acceptors (Lipinski definition) is 2. The molecular weight excluding hydrogens is 292 g/mol. The molecule has 0 bridgehead atoms. The molecule has 1 aliphatic rings. The molecule has 1 heterocycles. The molecule has 2 nitrogen and oxygen atoms in total. The van der Waals surface area contributed by atoms with Crippen LogP contribution in [0.4, 0.5) is 0 Å². The minimum Gasteiger partial charge on any atom is -0.320 e. The molecule has 1 aromatic rings. The Morgan fingerprint density at radius 1 is 1.12 bits per heavy atom. The van der Waals surface area contributed by atoms with Crippen molar-refractivity contribution in [1.82, 2.24) is 10.2 Å². The molecule has 24 heavy (non-hydrogen) atoms. The molecule has 0 radical (unpaired) electrons. The predicted octanol–water partition coefficient (Wildman–Crippen LogP) is 4.98. The smallest absolute Gasteiger partial charge is 0.0363 e. The van der Waals surface area contributed by atoms with E-state index in [1.54, 1.807) is 0 Å². The summed E-state index contributed by atoms with van der Waals surface area (Å²) in [6, 6.07) is 11.4. The average molecular weight is 327 g/mol. The Balaban J connectivity index is 0.00000139. The van der Waals surface area contributed by atoms with Crippen LogP contribution in [0.2, 0.25) is 0 Å². The van der Waals surface area contributed by atoms with E-state index in [0.29, 0.717) is 11.5 Å². The first-order chi connectivity index (χ1) is 11.6. The van der Waals surface area contributed by atoms with Crippen molar-refractivity contribution in [2.24, 2.45) is 5.41 Å². The Hall–Kier alpha value is -1.64. The molecule has 1 atom stereocenters. The minimum atomic E-state index is 0.301. The molecule has 2 heteroatoms. The van der Waals surface area contributed by atoms with Crippen molar-refractivity contribution in [3.63, 3.8) is 0 Å². The fraction of sp³-hybridized carbons (Fsp3) is 0.455. The van der Waals surface area contributed by atoms with Gasteiger partial charge >= 0.3 is 0 Å². The first-order valence-electron chi connectivity index (χ1n) is 8.88. The van der Waals surface area contributed by atoms with Crippen LogP contribution in [-0.4, -0.2) is 31.6 Å². The van der Waals surface area contributed by atoms with Crippen LogP contribution in [0.25, 0.3) is 0 Å². The molecule has 132 valence electrons. The molecule has 1 aliphatic heterocycles. The second-order valence-electron chi connectivity index (χ2n) is 6.97. The second kappa shape index (κ2) is 11.0. The summed E-state index contributed by atoms with van der Waals surface area (Å²) < 4.78 is 0. The first-order valence-corrected chi connectivity index (χ1v) is 8.88. The molecule has 1 N–H and O–H groups in total. The van der Waals surface area contributed by atoms with E-state index in [2.05, 4.69) is 91.9 Å². The second-order valence-corrected chi connectivity index (χ2v) is 6.97. The third-order valence-electron chi connectivity index (χ3n) is 4.32. The van der Waals surface area contributed by atoms with Crippen LogP contribution < -0.4 is 5.32 Å². The summed E-state index contributed by atoms with van der Waals surface area (Å²) in [5.74, 6) is 0. The molecule has 0 aromatic heterocycles. The minimum absolute atomic E-state index is 0.301. The maximum atomic E-state index is 3.31. The lowest BCUT2D eigenvalue weighted by Gasteiger charge is -2.37. The van der Waals surface area contributed by atoms with Gasteiger partial charge in [0, 0.05) is 19.1 Å². The first kappa shape index (κ1) is 20.4. The molecular formula is C22H34N2. The van der Waals surface area contributed by atoms with Gasteiger partial charge < -0.3 is 5.32 Å². The topological polar surface area (TPSA) is 15.3 Å². The van der Waals surface area contributed by atoms with Crippen LogP contribution in [0.3, 0.4) is 0 Å². The van der Waals surface area contributed by atoms with Gasteiger partial charge in [0.25, 0.3) is 0 Å². The van der Waals surface area contributed by atoms with Crippen molar-refractivity contribution in [3.8, 4) is 0 Å². The maximum Gasteiger partial charge on any atom is 0.0363 e. The lowest BCUT2D eigenvalue weighted by Crippen LogP contribution is -2.38. The third kappa shape index (κ3) is 6.86. The summed E-state index contributed by atoms with van der Waals surface area (Å²) in [5.41, 5.74) is 1.73. The van der Waals surface area contributed by atoms with E-state index < -0.39 is 0 Å². The monoisotopic (exact) mass is 326 g/mol. The van der Waals surface area contributed by atoms with Crippen molar-refractivity contribution < 1.29 is 0 Å². The van der Waals surface area contributed by atoms with E-state index in [1.807, 2.05) is 7.05 Å². The van der Waals surface area contributed by atoms with E-state index in [4.69, 9.17) is 0 Å². The number of benzene rings is 1. The summed E-state index contributed by atoms with van der Waals surface area (Å²) in [5, 5.41) is 3.31. The highest BCUT2D eigenvalue weighted by Gasteiger charge is 2.26. The van der Waals surface area contributed by atoms with Crippen molar-refractivity contribution in [3.05, 3.63) is 73.4 Å². The Morgan fingerprint density at radius 3 is 2.46 bits per heavy atom. The zero-order chi connectivity index (χ0) is 17.8. The van der Waals surface area contributed by atoms with Crippen LogP contribution in [0.1, 0.15) is 38.3 Å². The fourth-order valence-corrected chi connectivity index (χ4v) is 3.17. The highest BCUT2D eigenvalue weighted by atomic mass is 15.2. The Kier molecular flexibility index (Phi) is 9.36. The van der Waals surface area contributed by atoms with Gasteiger partial charge in [0.05, 0.1) is 0 Å². The van der Waals surface area contributed by atoms with Gasteiger partial charge in [-0.1, -0.05) is 68.5 Å². The Morgan fingerprint density at radius 2 is 1.79 bits per heavy atom. The lowest BCUT2D eigenvalue weighted by molar-refractivity contribution is 0.138. The van der Waals surface area contributed by atoms with Crippen LogP contribution in [-0.2, 0) is 0 Å².